The molecule has 0 unspecified atom stereocenters. The van der Waals surface area contributed by atoms with E-state index >= 15 is 0 Å². The molecule has 0 fully saturated rings. The Labute approximate surface area is 162 Å². The minimum absolute atomic E-state index is 0.00663. The van der Waals surface area contributed by atoms with E-state index in [1.54, 1.807) is 0 Å². The van der Waals surface area contributed by atoms with Crippen molar-refractivity contribution < 1.29 is 9.90 Å². The molecule has 0 saturated carbocycles. The normalized spacial score (nSPS) is 12.3. The number of rotatable bonds is 4. The third-order valence-electron chi connectivity index (χ3n) is 4.55. The summed E-state index contributed by atoms with van der Waals surface area (Å²) in [7, 11) is 0. The van der Waals surface area contributed by atoms with Gasteiger partial charge in [-0.15, -0.1) is 0 Å². The second kappa shape index (κ2) is 7.29. The highest BCUT2D eigenvalue weighted by molar-refractivity contribution is 5.86. The van der Waals surface area contributed by atoms with E-state index in [0.717, 1.165) is 5.69 Å². The average Bonchev–Trinajstić information content (AvgIpc) is 2.53. The fourth-order valence-corrected chi connectivity index (χ4v) is 2.82. The Morgan fingerprint density at radius 3 is 1.70 bits per heavy atom. The van der Waals surface area contributed by atoms with Gasteiger partial charge >= 0.3 is 5.97 Å². The van der Waals surface area contributed by atoms with E-state index in [0.29, 0.717) is 5.95 Å². The van der Waals surface area contributed by atoms with Gasteiger partial charge in [-0.1, -0.05) is 47.6 Å². The number of nitrogens with zero attached hydrogens (tertiary/aromatic N) is 3. The molecule has 2 aromatic rings. The van der Waals surface area contributed by atoms with Crippen molar-refractivity contribution in [3.8, 4) is 0 Å². The summed E-state index contributed by atoms with van der Waals surface area (Å²) in [4.78, 5) is 21.8. The lowest BCUT2D eigenvalue weighted by atomic mass is 9.80. The van der Waals surface area contributed by atoms with Crippen LogP contribution in [0.5, 0.6) is 0 Å². The van der Waals surface area contributed by atoms with Crippen LogP contribution in [-0.4, -0.2) is 27.1 Å². The van der Waals surface area contributed by atoms with Crippen LogP contribution in [0.15, 0.2) is 30.6 Å². The second-order valence-corrected chi connectivity index (χ2v) is 9.31. The van der Waals surface area contributed by atoms with Crippen LogP contribution in [-0.2, 0) is 10.8 Å². The Morgan fingerprint density at radius 2 is 1.37 bits per heavy atom. The maximum Gasteiger partial charge on any atom is 0.338 e. The third kappa shape index (κ3) is 4.85. The highest BCUT2D eigenvalue weighted by atomic mass is 16.4. The molecule has 0 bridgehead atoms. The zero-order valence-electron chi connectivity index (χ0n) is 17.7. The monoisotopic (exact) mass is 369 g/mol. The molecule has 1 aromatic carbocycles. The second-order valence-electron chi connectivity index (χ2n) is 9.31. The highest BCUT2D eigenvalue weighted by Crippen LogP contribution is 2.35. The first-order valence-corrected chi connectivity index (χ1v) is 9.31. The predicted molar refractivity (Wildman–Crippen MR) is 110 cm³/mol. The quantitative estimate of drug-likeness (QED) is 0.790. The molecule has 5 nitrogen and oxygen atoms in total. The number of hydrogen-bond acceptors (Lipinski definition) is 4. The first kappa shape index (κ1) is 20.9. The summed E-state index contributed by atoms with van der Waals surface area (Å²) in [5, 5.41) is 9.10. The van der Waals surface area contributed by atoms with E-state index in [2.05, 4.69) is 88.5 Å². The van der Waals surface area contributed by atoms with Crippen molar-refractivity contribution in [2.45, 2.75) is 72.3 Å². The number of carboxylic acid groups (broad SMARTS) is 1. The van der Waals surface area contributed by atoms with Crippen molar-refractivity contribution in [3.63, 3.8) is 0 Å². The first-order chi connectivity index (χ1) is 12.3. The molecular formula is C22H31N3O2. The SMILES string of the molecule is CC(C)N(c1cc(C(C)(C)C)cc(C(C)(C)C)c1)c1ncc(C(=O)O)cn1. The van der Waals surface area contributed by atoms with Crippen molar-refractivity contribution >= 4 is 17.6 Å². The van der Waals surface area contributed by atoms with Crippen LogP contribution in [0.3, 0.4) is 0 Å². The van der Waals surface area contributed by atoms with E-state index in [4.69, 9.17) is 5.11 Å². The number of benzene rings is 1. The van der Waals surface area contributed by atoms with E-state index in [9.17, 15) is 4.79 Å². The van der Waals surface area contributed by atoms with E-state index in [1.165, 1.54) is 23.5 Å². The van der Waals surface area contributed by atoms with Crippen LogP contribution in [0.2, 0.25) is 0 Å². The molecule has 0 aliphatic carbocycles. The summed E-state index contributed by atoms with van der Waals surface area (Å²) < 4.78 is 0. The molecule has 0 radical (unpaired) electrons. The van der Waals surface area contributed by atoms with Gasteiger partial charge in [-0.05, 0) is 47.9 Å². The molecule has 0 saturated heterocycles. The predicted octanol–water partition coefficient (Wildman–Crippen LogP) is 5.32. The molecule has 1 heterocycles. The molecule has 0 aliphatic rings. The fraction of sp³-hybridized carbons (Fsp3) is 0.500. The Balaban J connectivity index is 2.64. The van der Waals surface area contributed by atoms with Gasteiger partial charge in [0.15, 0.2) is 0 Å². The zero-order valence-corrected chi connectivity index (χ0v) is 17.7. The van der Waals surface area contributed by atoms with Crippen molar-refractivity contribution in [2.24, 2.45) is 0 Å². The Hall–Kier alpha value is -2.43. The molecule has 0 atom stereocenters. The molecule has 1 N–H and O–H groups in total. The smallest absolute Gasteiger partial charge is 0.338 e. The van der Waals surface area contributed by atoms with Crippen LogP contribution in [0, 0.1) is 0 Å². The molecule has 27 heavy (non-hydrogen) atoms. The van der Waals surface area contributed by atoms with Gasteiger partial charge in [-0.25, -0.2) is 14.8 Å². The molecule has 146 valence electrons. The number of hydrogen-bond donors (Lipinski definition) is 1. The molecule has 0 aliphatic heterocycles. The summed E-state index contributed by atoms with van der Waals surface area (Å²) in [5.41, 5.74) is 3.61. The van der Waals surface area contributed by atoms with E-state index in [1.807, 2.05) is 0 Å². The summed E-state index contributed by atoms with van der Waals surface area (Å²) in [6.45, 7) is 17.4. The molecular weight excluding hydrogens is 338 g/mol. The third-order valence-corrected chi connectivity index (χ3v) is 4.55. The van der Waals surface area contributed by atoms with Gasteiger partial charge in [-0.3, -0.25) is 0 Å². The van der Waals surface area contributed by atoms with Gasteiger partial charge in [0.1, 0.15) is 0 Å². The van der Waals surface area contributed by atoms with Gasteiger partial charge in [0, 0.05) is 24.1 Å². The topological polar surface area (TPSA) is 66.3 Å². The number of aromatic nitrogens is 2. The highest BCUT2D eigenvalue weighted by Gasteiger charge is 2.24. The Bertz CT molecular complexity index is 781. The van der Waals surface area contributed by atoms with Crippen molar-refractivity contribution in [1.29, 1.82) is 0 Å². The standard InChI is InChI=1S/C22H31N3O2/c1-14(2)25(20-23-12-15(13-24-20)19(26)27)18-10-16(21(3,4)5)9-17(11-18)22(6,7)8/h9-14H,1-8H3,(H,26,27). The van der Waals surface area contributed by atoms with Crippen molar-refractivity contribution in [2.75, 3.05) is 4.90 Å². The van der Waals surface area contributed by atoms with Crippen molar-refractivity contribution in [1.82, 2.24) is 9.97 Å². The summed E-state index contributed by atoms with van der Waals surface area (Å²) in [6.07, 6.45) is 2.72. The Morgan fingerprint density at radius 1 is 0.926 bits per heavy atom. The lowest BCUT2D eigenvalue weighted by Crippen LogP contribution is -2.28. The zero-order chi connectivity index (χ0) is 20.6. The number of carboxylic acids is 1. The van der Waals surface area contributed by atoms with Crippen LogP contribution < -0.4 is 4.90 Å². The Kier molecular flexibility index (Phi) is 5.64. The number of anilines is 2. The summed E-state index contributed by atoms with van der Waals surface area (Å²) in [6, 6.07) is 6.76. The van der Waals surface area contributed by atoms with Crippen molar-refractivity contribution in [3.05, 3.63) is 47.3 Å². The lowest BCUT2D eigenvalue weighted by molar-refractivity contribution is 0.0696. The molecule has 1 aromatic heterocycles. The van der Waals surface area contributed by atoms with Crippen LogP contribution >= 0.6 is 0 Å². The lowest BCUT2D eigenvalue weighted by Gasteiger charge is -2.32. The summed E-state index contributed by atoms with van der Waals surface area (Å²) >= 11 is 0. The van der Waals surface area contributed by atoms with Gasteiger partial charge in [0.2, 0.25) is 5.95 Å². The first-order valence-electron chi connectivity index (χ1n) is 9.31. The number of carbonyl (C=O) groups is 1. The minimum atomic E-state index is -1.03. The molecule has 5 heteroatoms. The summed E-state index contributed by atoms with van der Waals surface area (Å²) in [5.74, 6) is -0.525. The van der Waals surface area contributed by atoms with Crippen LogP contribution in [0.1, 0.15) is 76.9 Å². The largest absolute Gasteiger partial charge is 0.478 e. The molecule has 2 rings (SSSR count). The fourth-order valence-electron chi connectivity index (χ4n) is 2.82. The average molecular weight is 370 g/mol. The van der Waals surface area contributed by atoms with Gasteiger partial charge in [0.25, 0.3) is 0 Å². The van der Waals surface area contributed by atoms with Crippen LogP contribution in [0.4, 0.5) is 11.6 Å². The van der Waals surface area contributed by atoms with Gasteiger partial charge < -0.3 is 10.0 Å². The molecule has 0 spiro atoms. The van der Waals surface area contributed by atoms with E-state index in [-0.39, 0.29) is 22.4 Å². The minimum Gasteiger partial charge on any atom is -0.478 e. The van der Waals surface area contributed by atoms with Gasteiger partial charge in [0.05, 0.1) is 5.56 Å². The maximum atomic E-state index is 11.1. The maximum absolute atomic E-state index is 11.1. The van der Waals surface area contributed by atoms with Crippen LogP contribution in [0.25, 0.3) is 0 Å². The van der Waals surface area contributed by atoms with Gasteiger partial charge in [-0.2, -0.15) is 0 Å². The molecule has 0 amide bonds. The van der Waals surface area contributed by atoms with E-state index < -0.39 is 5.97 Å². The number of aromatic carboxylic acids is 1.